The molecule has 1 aliphatic heterocycles. The Labute approximate surface area is 129 Å². The zero-order chi connectivity index (χ0) is 13.9. The quantitative estimate of drug-likeness (QED) is 0.915. The lowest BCUT2D eigenvalue weighted by Crippen LogP contribution is -2.34. The molecule has 20 heavy (non-hydrogen) atoms. The van der Waals surface area contributed by atoms with Crippen molar-refractivity contribution in [3.63, 3.8) is 0 Å². The minimum Gasteiger partial charge on any atom is -0.454 e. The highest BCUT2D eigenvalue weighted by Crippen LogP contribution is 2.39. The number of rotatable bonds is 4. The molecule has 110 valence electrons. The van der Waals surface area contributed by atoms with Gasteiger partial charge in [0.15, 0.2) is 11.5 Å². The second-order valence-corrected chi connectivity index (χ2v) is 6.96. The average Bonchev–Trinajstić information content (AvgIpc) is 2.94. The van der Waals surface area contributed by atoms with Crippen LogP contribution in [0.2, 0.25) is 5.02 Å². The fourth-order valence-electron chi connectivity index (χ4n) is 2.93. The van der Waals surface area contributed by atoms with Crippen LogP contribution in [0.4, 0.5) is 0 Å². The van der Waals surface area contributed by atoms with Crippen LogP contribution < -0.4 is 14.8 Å². The fraction of sp³-hybridized carbons (Fsp3) is 0.600. The predicted octanol–water partition coefficient (Wildman–Crippen LogP) is 3.83. The molecule has 1 heterocycles. The SMILES string of the molecule is CSC1CCCC(NCc2cc(Cl)c3c(c2)OCO3)C1. The zero-order valence-corrected chi connectivity index (χ0v) is 13.2. The Kier molecular flexibility index (Phi) is 4.64. The van der Waals surface area contributed by atoms with Crippen molar-refractivity contribution in [3.05, 3.63) is 22.7 Å². The van der Waals surface area contributed by atoms with Gasteiger partial charge >= 0.3 is 0 Å². The molecular weight excluding hydrogens is 294 g/mol. The Balaban J connectivity index is 1.60. The van der Waals surface area contributed by atoms with E-state index in [1.165, 1.54) is 25.7 Å². The zero-order valence-electron chi connectivity index (χ0n) is 11.7. The maximum absolute atomic E-state index is 6.21. The van der Waals surface area contributed by atoms with Gasteiger partial charge in [-0.25, -0.2) is 0 Å². The van der Waals surface area contributed by atoms with Gasteiger partial charge in [-0.1, -0.05) is 18.0 Å². The van der Waals surface area contributed by atoms with E-state index in [9.17, 15) is 0 Å². The first-order chi connectivity index (χ1) is 9.76. The molecule has 1 aromatic rings. The Bertz CT molecular complexity index is 483. The molecule has 0 amide bonds. The summed E-state index contributed by atoms with van der Waals surface area (Å²) < 4.78 is 10.7. The summed E-state index contributed by atoms with van der Waals surface area (Å²) in [6.45, 7) is 1.10. The predicted molar refractivity (Wildman–Crippen MR) is 84.0 cm³/mol. The molecule has 3 rings (SSSR count). The van der Waals surface area contributed by atoms with Crippen molar-refractivity contribution in [3.8, 4) is 11.5 Å². The summed E-state index contributed by atoms with van der Waals surface area (Å²) in [5.41, 5.74) is 1.16. The highest BCUT2D eigenvalue weighted by molar-refractivity contribution is 7.99. The van der Waals surface area contributed by atoms with Crippen molar-refractivity contribution in [2.75, 3.05) is 13.0 Å². The third-order valence-corrected chi connectivity index (χ3v) is 5.42. The number of fused-ring (bicyclic) bond motifs is 1. The van der Waals surface area contributed by atoms with Crippen LogP contribution in [0.5, 0.6) is 11.5 Å². The van der Waals surface area contributed by atoms with Gasteiger partial charge in [-0.3, -0.25) is 0 Å². The van der Waals surface area contributed by atoms with Crippen LogP contribution in [0.15, 0.2) is 12.1 Å². The van der Waals surface area contributed by atoms with E-state index in [0.717, 1.165) is 23.1 Å². The van der Waals surface area contributed by atoms with E-state index in [-0.39, 0.29) is 6.79 Å². The molecule has 1 aromatic carbocycles. The normalized spacial score (nSPS) is 24.9. The van der Waals surface area contributed by atoms with Crippen molar-refractivity contribution in [1.82, 2.24) is 5.32 Å². The van der Waals surface area contributed by atoms with Crippen molar-refractivity contribution < 1.29 is 9.47 Å². The van der Waals surface area contributed by atoms with Gasteiger partial charge in [0.2, 0.25) is 6.79 Å². The number of nitrogens with one attached hydrogen (secondary N) is 1. The van der Waals surface area contributed by atoms with Gasteiger partial charge in [0, 0.05) is 17.8 Å². The summed E-state index contributed by atoms with van der Waals surface area (Å²) in [5.74, 6) is 1.44. The van der Waals surface area contributed by atoms with Gasteiger partial charge in [0.05, 0.1) is 5.02 Å². The molecule has 2 atom stereocenters. The van der Waals surface area contributed by atoms with E-state index < -0.39 is 0 Å². The molecule has 1 saturated carbocycles. The largest absolute Gasteiger partial charge is 0.454 e. The van der Waals surface area contributed by atoms with Crippen LogP contribution in [0.3, 0.4) is 0 Å². The highest BCUT2D eigenvalue weighted by atomic mass is 35.5. The van der Waals surface area contributed by atoms with Crippen LogP contribution in [0.1, 0.15) is 31.2 Å². The lowest BCUT2D eigenvalue weighted by atomic mass is 9.95. The molecule has 3 nitrogen and oxygen atoms in total. The smallest absolute Gasteiger partial charge is 0.231 e. The number of halogens is 1. The molecule has 0 aromatic heterocycles. The molecule has 1 fully saturated rings. The monoisotopic (exact) mass is 313 g/mol. The van der Waals surface area contributed by atoms with Gasteiger partial charge in [-0.05, 0) is 43.2 Å². The van der Waals surface area contributed by atoms with Gasteiger partial charge in [-0.2, -0.15) is 11.8 Å². The Hall–Kier alpha value is -0.580. The highest BCUT2D eigenvalue weighted by Gasteiger charge is 2.22. The second-order valence-electron chi connectivity index (χ2n) is 5.41. The maximum atomic E-state index is 6.21. The third kappa shape index (κ3) is 3.18. The second kappa shape index (κ2) is 6.46. The van der Waals surface area contributed by atoms with Crippen LogP contribution in [0.25, 0.3) is 0 Å². The Morgan fingerprint density at radius 1 is 1.35 bits per heavy atom. The number of benzene rings is 1. The number of thioether (sulfide) groups is 1. The maximum Gasteiger partial charge on any atom is 0.231 e. The first-order valence-electron chi connectivity index (χ1n) is 7.10. The Morgan fingerprint density at radius 3 is 3.10 bits per heavy atom. The summed E-state index contributed by atoms with van der Waals surface area (Å²) >= 11 is 8.20. The average molecular weight is 314 g/mol. The molecule has 5 heteroatoms. The van der Waals surface area contributed by atoms with E-state index in [4.69, 9.17) is 21.1 Å². The van der Waals surface area contributed by atoms with Gasteiger partial charge in [-0.15, -0.1) is 0 Å². The van der Waals surface area contributed by atoms with Gasteiger partial charge in [0.25, 0.3) is 0 Å². The van der Waals surface area contributed by atoms with Crippen molar-refractivity contribution >= 4 is 23.4 Å². The molecule has 0 bridgehead atoms. The van der Waals surface area contributed by atoms with Crippen LogP contribution in [0, 0.1) is 0 Å². The first-order valence-corrected chi connectivity index (χ1v) is 8.77. The van der Waals surface area contributed by atoms with E-state index in [2.05, 4.69) is 11.6 Å². The number of hydrogen-bond acceptors (Lipinski definition) is 4. The summed E-state index contributed by atoms with van der Waals surface area (Å²) in [6.07, 6.45) is 7.43. The molecular formula is C15H20ClNO2S. The fourth-order valence-corrected chi connectivity index (χ4v) is 4.04. The summed E-state index contributed by atoms with van der Waals surface area (Å²) in [5, 5.41) is 5.10. The number of ether oxygens (including phenoxy) is 2. The third-order valence-electron chi connectivity index (χ3n) is 4.04. The molecule has 2 unspecified atom stereocenters. The minimum atomic E-state index is 0.268. The van der Waals surface area contributed by atoms with Crippen molar-refractivity contribution in [2.24, 2.45) is 0 Å². The Morgan fingerprint density at radius 2 is 2.25 bits per heavy atom. The molecule has 1 aliphatic carbocycles. The molecule has 0 radical (unpaired) electrons. The first kappa shape index (κ1) is 14.4. The van der Waals surface area contributed by atoms with Crippen LogP contribution in [-0.2, 0) is 6.54 Å². The van der Waals surface area contributed by atoms with E-state index in [0.29, 0.717) is 16.8 Å². The van der Waals surface area contributed by atoms with Crippen LogP contribution >= 0.6 is 23.4 Å². The topological polar surface area (TPSA) is 30.5 Å². The molecule has 0 saturated heterocycles. The standard InChI is InChI=1S/C15H20ClNO2S/c1-20-12-4-2-3-11(7-12)17-8-10-5-13(16)15-14(6-10)18-9-19-15/h5-6,11-12,17H,2-4,7-9H2,1H3. The van der Waals surface area contributed by atoms with E-state index >= 15 is 0 Å². The van der Waals surface area contributed by atoms with E-state index in [1.54, 1.807) is 0 Å². The lowest BCUT2D eigenvalue weighted by Gasteiger charge is -2.28. The molecule has 0 spiro atoms. The van der Waals surface area contributed by atoms with Gasteiger partial charge in [0.1, 0.15) is 0 Å². The summed E-state index contributed by atoms with van der Waals surface area (Å²) in [7, 11) is 0. The van der Waals surface area contributed by atoms with E-state index in [1.807, 2.05) is 23.9 Å². The summed E-state index contributed by atoms with van der Waals surface area (Å²) in [4.78, 5) is 0. The van der Waals surface area contributed by atoms with Crippen molar-refractivity contribution in [1.29, 1.82) is 0 Å². The van der Waals surface area contributed by atoms with Crippen LogP contribution in [-0.4, -0.2) is 24.3 Å². The van der Waals surface area contributed by atoms with Crippen molar-refractivity contribution in [2.45, 2.75) is 43.5 Å². The number of hydrogen-bond donors (Lipinski definition) is 1. The molecule has 1 N–H and O–H groups in total. The summed E-state index contributed by atoms with van der Waals surface area (Å²) in [6, 6.07) is 4.61. The lowest BCUT2D eigenvalue weighted by molar-refractivity contribution is 0.174. The minimum absolute atomic E-state index is 0.268. The van der Waals surface area contributed by atoms with Gasteiger partial charge < -0.3 is 14.8 Å². The molecule has 2 aliphatic rings.